The van der Waals surface area contributed by atoms with Crippen molar-refractivity contribution in [1.82, 2.24) is 0 Å². The number of ether oxygens (including phenoxy) is 2. The predicted octanol–water partition coefficient (Wildman–Crippen LogP) is 17.0. The third-order valence-electron chi connectivity index (χ3n) is 13.0. The number of hydrogen-bond acceptors (Lipinski definition) is 8. The highest BCUT2D eigenvalue weighted by molar-refractivity contribution is 7.47. The smallest absolute Gasteiger partial charge is 0.457 e. The Morgan fingerprint density at radius 3 is 1.00 bits per heavy atom. The summed E-state index contributed by atoms with van der Waals surface area (Å²) < 4.78 is 33.6. The summed E-state index contributed by atoms with van der Waals surface area (Å²) in [6, 6.07) is 0. The van der Waals surface area contributed by atoms with Gasteiger partial charge in [-0.3, -0.25) is 13.8 Å². The lowest BCUT2D eigenvalue weighted by molar-refractivity contribution is -0.154. The number of rotatable bonds is 56. The van der Waals surface area contributed by atoms with E-state index in [0.29, 0.717) is 6.61 Å². The number of unbranched alkanes of at least 4 members (excludes halogenated alkanes) is 42. The Kier molecular flexibility index (Phi) is 52.4. The molecule has 0 aromatic carbocycles. The average Bonchev–Trinajstić information content (AvgIpc) is 3.30. The van der Waals surface area contributed by atoms with Crippen LogP contribution < -0.4 is 0 Å². The van der Waals surface area contributed by atoms with E-state index < -0.39 is 33.2 Å². The van der Waals surface area contributed by atoms with E-state index >= 15 is 0 Å². The molecule has 3 atom stereocenters. The molecule has 0 saturated heterocycles. The van der Waals surface area contributed by atoms with E-state index in [2.05, 4.69) is 13.8 Å². The maximum absolute atomic E-state index is 12.7. The molecule has 1 unspecified atom stereocenters. The van der Waals surface area contributed by atoms with E-state index in [4.69, 9.17) is 23.6 Å². The Morgan fingerprint density at radius 1 is 0.415 bits per heavy atom. The number of phosphoric ester groups is 1. The highest BCUT2D eigenvalue weighted by Crippen LogP contribution is 2.43. The van der Waals surface area contributed by atoms with Gasteiger partial charge in [-0.25, -0.2) is 4.57 Å². The van der Waals surface area contributed by atoms with Crippen molar-refractivity contribution in [2.45, 2.75) is 315 Å². The minimum absolute atomic E-state index is 0.0588. The molecule has 0 aliphatic carbocycles. The number of aliphatic hydroxyl groups excluding tert-OH is 2. The van der Waals surface area contributed by atoms with E-state index in [1.807, 2.05) is 0 Å². The summed E-state index contributed by atoms with van der Waals surface area (Å²) in [6.45, 7) is 3.62. The predicted molar refractivity (Wildman–Crippen MR) is 275 cm³/mol. The van der Waals surface area contributed by atoms with Gasteiger partial charge in [0.15, 0.2) is 0 Å². The van der Waals surface area contributed by atoms with Gasteiger partial charge in [-0.05, 0) is 12.8 Å². The Balaban J connectivity index is 3.89. The van der Waals surface area contributed by atoms with Crippen molar-refractivity contribution in [3.8, 4) is 0 Å². The van der Waals surface area contributed by atoms with Crippen molar-refractivity contribution in [2.75, 3.05) is 33.0 Å². The van der Waals surface area contributed by atoms with Gasteiger partial charge in [0.2, 0.25) is 0 Å². The summed E-state index contributed by atoms with van der Waals surface area (Å²) in [5.74, 6) is -0.371. The van der Waals surface area contributed by atoms with Crippen LogP contribution in [0.15, 0.2) is 0 Å². The Morgan fingerprint density at radius 2 is 0.692 bits per heavy atom. The fraction of sp³-hybridized carbons (Fsp3) is 0.982. The van der Waals surface area contributed by atoms with Crippen molar-refractivity contribution in [2.24, 2.45) is 0 Å². The van der Waals surface area contributed by atoms with Crippen LogP contribution in [0.4, 0.5) is 0 Å². The third-order valence-corrected chi connectivity index (χ3v) is 14.0. The molecule has 0 fully saturated rings. The lowest BCUT2D eigenvalue weighted by Crippen LogP contribution is -2.29. The van der Waals surface area contributed by atoms with Crippen molar-refractivity contribution < 1.29 is 43.0 Å². The summed E-state index contributed by atoms with van der Waals surface area (Å²) in [6.07, 6.45) is 56.6. The van der Waals surface area contributed by atoms with Crippen LogP contribution in [-0.2, 0) is 27.9 Å². The van der Waals surface area contributed by atoms with E-state index in [9.17, 15) is 19.4 Å². The summed E-state index contributed by atoms with van der Waals surface area (Å²) in [4.78, 5) is 22.7. The van der Waals surface area contributed by atoms with Crippen LogP contribution in [0, 0.1) is 0 Å². The molecule has 65 heavy (non-hydrogen) atoms. The lowest BCUT2D eigenvalue weighted by Gasteiger charge is -2.20. The molecule has 3 N–H and O–H groups in total. The average molecular weight is 947 g/mol. The van der Waals surface area contributed by atoms with Gasteiger partial charge in [0.25, 0.3) is 0 Å². The molecule has 0 aromatic rings. The minimum Gasteiger partial charge on any atom is -0.457 e. The van der Waals surface area contributed by atoms with Gasteiger partial charge < -0.3 is 24.6 Å². The molecule has 0 rings (SSSR count). The number of aliphatic hydroxyl groups is 2. The molecule has 0 saturated carbocycles. The Bertz CT molecular complexity index is 985. The lowest BCUT2D eigenvalue weighted by atomic mass is 10.0. The fourth-order valence-electron chi connectivity index (χ4n) is 8.71. The Hall–Kier alpha value is -0.540. The van der Waals surface area contributed by atoms with Crippen LogP contribution in [-0.4, -0.2) is 66.3 Å². The first-order valence-corrected chi connectivity index (χ1v) is 30.0. The van der Waals surface area contributed by atoms with Crippen LogP contribution >= 0.6 is 7.82 Å². The summed E-state index contributed by atoms with van der Waals surface area (Å²) >= 11 is 0. The zero-order chi connectivity index (χ0) is 47.4. The molecule has 0 radical (unpaired) electrons. The topological polar surface area (TPSA) is 132 Å². The largest absolute Gasteiger partial charge is 0.472 e. The van der Waals surface area contributed by atoms with Crippen molar-refractivity contribution in [1.29, 1.82) is 0 Å². The van der Waals surface area contributed by atoms with Crippen LogP contribution in [0.5, 0.6) is 0 Å². The summed E-state index contributed by atoms with van der Waals surface area (Å²) in [7, 11) is -4.52. The number of hydrogen-bond donors (Lipinski definition) is 3. The standard InChI is InChI=1S/C55H111O9P/c1-3-5-7-9-11-13-15-17-19-21-22-23-24-25-26-27-28-29-30-31-32-33-35-37-39-41-43-45-47-55(58)64-54(52-63-65(59,60)62-50-53(57)49-56)51-61-48-46-44-42-40-38-36-34-20-18-16-14-12-10-8-6-4-2/h53-54,56-57H,3-52H2,1-2H3,(H,59,60)/t53-,54+/m0/s1. The molecule has 0 aliphatic heterocycles. The first-order valence-electron chi connectivity index (χ1n) is 28.5. The molecular weight excluding hydrogens is 836 g/mol. The van der Waals surface area contributed by atoms with Crippen LogP contribution in [0.1, 0.15) is 303 Å². The zero-order valence-corrected chi connectivity index (χ0v) is 44.1. The molecule has 10 heteroatoms. The second kappa shape index (κ2) is 52.8. The maximum atomic E-state index is 12.7. The van der Waals surface area contributed by atoms with Gasteiger partial charge in [-0.1, -0.05) is 284 Å². The number of esters is 1. The van der Waals surface area contributed by atoms with E-state index in [1.54, 1.807) is 0 Å². The van der Waals surface area contributed by atoms with Crippen molar-refractivity contribution in [3.63, 3.8) is 0 Å². The molecule has 0 spiro atoms. The van der Waals surface area contributed by atoms with Gasteiger partial charge in [0.1, 0.15) is 12.2 Å². The van der Waals surface area contributed by atoms with Crippen molar-refractivity contribution in [3.05, 3.63) is 0 Å². The van der Waals surface area contributed by atoms with E-state index in [1.165, 1.54) is 250 Å². The monoisotopic (exact) mass is 947 g/mol. The minimum atomic E-state index is -4.52. The number of phosphoric acid groups is 1. The van der Waals surface area contributed by atoms with E-state index in [0.717, 1.165) is 32.1 Å². The zero-order valence-electron chi connectivity index (χ0n) is 43.2. The number of carbonyl (C=O) groups is 1. The second-order valence-corrected chi connectivity index (χ2v) is 21.1. The van der Waals surface area contributed by atoms with Crippen LogP contribution in [0.2, 0.25) is 0 Å². The molecule has 0 heterocycles. The fourth-order valence-corrected chi connectivity index (χ4v) is 9.50. The van der Waals surface area contributed by atoms with Gasteiger partial charge in [-0.15, -0.1) is 0 Å². The molecule has 0 aromatic heterocycles. The molecular formula is C55H111O9P. The van der Waals surface area contributed by atoms with Crippen LogP contribution in [0.25, 0.3) is 0 Å². The summed E-state index contributed by atoms with van der Waals surface area (Å²) in [5.41, 5.74) is 0. The molecule has 0 aliphatic rings. The highest BCUT2D eigenvalue weighted by atomic mass is 31.2. The molecule has 0 bridgehead atoms. The quantitative estimate of drug-likeness (QED) is 0.0310. The second-order valence-electron chi connectivity index (χ2n) is 19.7. The SMILES string of the molecule is CCCCCCCCCCCCCCCCCCCCCCCCCCCCCCC(=O)O[C@H](COCCCCCCCCCCCCCCCCCC)COP(=O)(O)OC[C@@H](O)CO. The van der Waals surface area contributed by atoms with Gasteiger partial charge in [0, 0.05) is 13.0 Å². The maximum Gasteiger partial charge on any atom is 0.472 e. The molecule has 390 valence electrons. The first kappa shape index (κ1) is 64.5. The van der Waals surface area contributed by atoms with Gasteiger partial charge in [-0.2, -0.15) is 0 Å². The molecule has 0 amide bonds. The van der Waals surface area contributed by atoms with E-state index in [-0.39, 0.29) is 25.6 Å². The van der Waals surface area contributed by atoms with Crippen LogP contribution in [0.3, 0.4) is 0 Å². The highest BCUT2D eigenvalue weighted by Gasteiger charge is 2.26. The van der Waals surface area contributed by atoms with Gasteiger partial charge >= 0.3 is 13.8 Å². The Labute approximate surface area is 403 Å². The summed E-state index contributed by atoms with van der Waals surface area (Å²) in [5, 5.41) is 18.4. The third kappa shape index (κ3) is 52.7. The van der Waals surface area contributed by atoms with Crippen molar-refractivity contribution >= 4 is 13.8 Å². The molecule has 9 nitrogen and oxygen atoms in total. The normalized spacial score (nSPS) is 13.6. The van der Waals surface area contributed by atoms with Gasteiger partial charge in [0.05, 0.1) is 26.4 Å². The number of carbonyl (C=O) groups excluding carboxylic acids is 1. The first-order chi connectivity index (χ1) is 31.8.